The lowest BCUT2D eigenvalue weighted by Gasteiger charge is -2.28. The fourth-order valence-corrected chi connectivity index (χ4v) is 7.93. The molecule has 4 rings (SSSR count). The molecule has 0 saturated heterocycles. The van der Waals surface area contributed by atoms with E-state index in [0.717, 1.165) is 15.9 Å². The summed E-state index contributed by atoms with van der Waals surface area (Å²) in [5, 5.41) is 3.07. The molecule has 3 aromatic rings. The Hall–Kier alpha value is -3.36. The van der Waals surface area contributed by atoms with Crippen LogP contribution >= 0.6 is 6.89 Å². The normalized spacial score (nSPS) is 15.3. The first-order valence-corrected chi connectivity index (χ1v) is 12.2. The number of ether oxygens (including phenoxy) is 2. The van der Waals surface area contributed by atoms with E-state index in [9.17, 15) is 9.59 Å². The minimum absolute atomic E-state index is 0.0373. The minimum atomic E-state index is -2.54. The Bertz CT molecular complexity index is 1120. The minimum Gasteiger partial charge on any atom is -0.496 e. The van der Waals surface area contributed by atoms with Crippen LogP contribution in [0.15, 0.2) is 102 Å². The van der Waals surface area contributed by atoms with Gasteiger partial charge in [0.15, 0.2) is 17.1 Å². The molecule has 0 amide bonds. The number of esters is 1. The third-order valence-corrected chi connectivity index (χ3v) is 9.54. The Kier molecular flexibility index (Phi) is 5.90. The number of cyclic esters (lactones) is 1. The molecule has 0 N–H and O–H groups in total. The maximum atomic E-state index is 13.8. The van der Waals surface area contributed by atoms with Crippen molar-refractivity contribution in [2.24, 2.45) is 0 Å². The van der Waals surface area contributed by atoms with Crippen LogP contribution in [0.2, 0.25) is 0 Å². The largest absolute Gasteiger partial charge is 0.496 e. The predicted octanol–water partition coefficient (Wildman–Crippen LogP) is 3.59. The van der Waals surface area contributed by atoms with Gasteiger partial charge >= 0.3 is 5.97 Å². The van der Waals surface area contributed by atoms with Crippen LogP contribution in [-0.4, -0.2) is 30.3 Å². The van der Waals surface area contributed by atoms with Gasteiger partial charge in [0.25, 0.3) is 0 Å². The van der Waals surface area contributed by atoms with Crippen molar-refractivity contribution >= 4 is 40.3 Å². The van der Waals surface area contributed by atoms with Gasteiger partial charge in [-0.1, -0.05) is 91.0 Å². The zero-order valence-electron chi connectivity index (χ0n) is 18.3. The summed E-state index contributed by atoms with van der Waals surface area (Å²) in [7, 11) is 1.46. The fourth-order valence-electron chi connectivity index (χ4n) is 4.18. The molecule has 0 fully saturated rings. The van der Waals surface area contributed by atoms with Gasteiger partial charge in [-0.15, -0.1) is 0 Å². The van der Waals surface area contributed by atoms with Gasteiger partial charge in [0.05, 0.1) is 7.11 Å². The Labute approximate surface area is 188 Å². The summed E-state index contributed by atoms with van der Waals surface area (Å²) in [4.78, 5) is 26.5. The van der Waals surface area contributed by atoms with Crippen LogP contribution in [0.5, 0.6) is 0 Å². The molecule has 162 valence electrons. The quantitative estimate of drug-likeness (QED) is 0.331. The van der Waals surface area contributed by atoms with Crippen molar-refractivity contribution in [2.75, 3.05) is 7.11 Å². The molecular weight excluding hydrogens is 419 g/mol. The summed E-state index contributed by atoms with van der Waals surface area (Å²) < 4.78 is 10.9. The number of ketones is 1. The molecule has 0 spiro atoms. The van der Waals surface area contributed by atoms with Crippen molar-refractivity contribution in [1.29, 1.82) is 0 Å². The second-order valence-electron chi connectivity index (χ2n) is 8.03. The smallest absolute Gasteiger partial charge is 0.346 e. The van der Waals surface area contributed by atoms with Gasteiger partial charge in [0.2, 0.25) is 0 Å². The molecule has 1 aliphatic rings. The number of benzene rings is 3. The Morgan fingerprint density at radius 2 is 1.22 bits per heavy atom. The number of hydrogen-bond acceptors (Lipinski definition) is 4. The first-order chi connectivity index (χ1) is 15.4. The summed E-state index contributed by atoms with van der Waals surface area (Å²) in [5.41, 5.74) is -1.03. The Morgan fingerprint density at radius 3 is 1.59 bits per heavy atom. The highest BCUT2D eigenvalue weighted by atomic mass is 31.2. The zero-order chi connectivity index (χ0) is 22.8. The number of hydrogen-bond donors (Lipinski definition) is 0. The first-order valence-electron chi connectivity index (χ1n) is 10.4. The van der Waals surface area contributed by atoms with Gasteiger partial charge in [0, 0.05) is 0 Å². The second kappa shape index (κ2) is 8.64. The molecule has 0 unspecified atom stereocenters. The standard InChI is InChI=1S/C27H25O4P/c1-27(2)25(30-3)24(26(29)31-27)23(28)19-32(20-13-7-4-8-14-20,21-15-9-5-10-16-21)22-17-11-6-12-18-22/h4-19H,1-3H3. The van der Waals surface area contributed by atoms with Crippen molar-refractivity contribution in [3.8, 4) is 0 Å². The van der Waals surface area contributed by atoms with E-state index in [1.165, 1.54) is 7.11 Å². The Balaban J connectivity index is 2.08. The molecule has 0 atom stereocenters. The molecule has 1 aliphatic heterocycles. The molecule has 0 saturated carbocycles. The number of carbonyl (C=O) groups is 2. The topological polar surface area (TPSA) is 52.6 Å². The van der Waals surface area contributed by atoms with E-state index in [-0.39, 0.29) is 17.1 Å². The maximum absolute atomic E-state index is 13.8. The van der Waals surface area contributed by atoms with Crippen LogP contribution in [0.4, 0.5) is 0 Å². The molecule has 4 nitrogen and oxygen atoms in total. The average Bonchev–Trinajstić information content (AvgIpc) is 3.06. The van der Waals surface area contributed by atoms with Crippen molar-refractivity contribution in [2.45, 2.75) is 19.4 Å². The fraction of sp³-hybridized carbons (Fsp3) is 0.148. The molecule has 0 radical (unpaired) electrons. The summed E-state index contributed by atoms with van der Waals surface area (Å²) in [6.45, 7) is 0.901. The average molecular weight is 444 g/mol. The SMILES string of the molecule is COC1=C(C(=O)C=P(c2ccccc2)(c2ccccc2)c2ccccc2)C(=O)OC1(C)C. The molecule has 3 aromatic carbocycles. The predicted molar refractivity (Wildman–Crippen MR) is 130 cm³/mol. The van der Waals surface area contributed by atoms with Crippen LogP contribution < -0.4 is 15.9 Å². The third-order valence-electron chi connectivity index (χ3n) is 5.58. The van der Waals surface area contributed by atoms with E-state index in [1.54, 1.807) is 19.6 Å². The van der Waals surface area contributed by atoms with Gasteiger partial charge in [-0.2, -0.15) is 0 Å². The van der Waals surface area contributed by atoms with E-state index in [0.29, 0.717) is 0 Å². The lowest BCUT2D eigenvalue weighted by atomic mass is 10.0. The molecule has 1 heterocycles. The lowest BCUT2D eigenvalue weighted by molar-refractivity contribution is -0.146. The monoisotopic (exact) mass is 444 g/mol. The van der Waals surface area contributed by atoms with E-state index >= 15 is 0 Å². The van der Waals surface area contributed by atoms with Crippen molar-refractivity contribution in [3.63, 3.8) is 0 Å². The Morgan fingerprint density at radius 1 is 0.812 bits per heavy atom. The van der Waals surface area contributed by atoms with Crippen LogP contribution in [0, 0.1) is 0 Å². The summed E-state index contributed by atoms with van der Waals surface area (Å²) in [6.07, 6.45) is 0. The highest BCUT2D eigenvalue weighted by Gasteiger charge is 2.45. The highest BCUT2D eigenvalue weighted by molar-refractivity contribution is 7.95. The molecule has 0 aliphatic carbocycles. The maximum Gasteiger partial charge on any atom is 0.346 e. The highest BCUT2D eigenvalue weighted by Crippen LogP contribution is 2.44. The van der Waals surface area contributed by atoms with Gasteiger partial charge in [-0.25, -0.2) is 4.79 Å². The summed E-state index contributed by atoms with van der Waals surface area (Å²) in [6, 6.07) is 30.0. The lowest BCUT2D eigenvalue weighted by Crippen LogP contribution is -2.29. The molecule has 32 heavy (non-hydrogen) atoms. The molecule has 0 bridgehead atoms. The number of methoxy groups -OCH3 is 1. The summed E-state index contributed by atoms with van der Waals surface area (Å²) in [5.74, 6) is 0.947. The van der Waals surface area contributed by atoms with E-state index in [4.69, 9.17) is 9.47 Å². The van der Waals surface area contributed by atoms with Crippen LogP contribution in [0.3, 0.4) is 0 Å². The van der Waals surface area contributed by atoms with Gasteiger partial charge in [0.1, 0.15) is 5.57 Å². The van der Waals surface area contributed by atoms with Crippen LogP contribution in [0.25, 0.3) is 0 Å². The van der Waals surface area contributed by atoms with Gasteiger partial charge in [-0.3, -0.25) is 4.79 Å². The van der Waals surface area contributed by atoms with Crippen molar-refractivity contribution in [1.82, 2.24) is 0 Å². The number of rotatable bonds is 6. The summed E-state index contributed by atoms with van der Waals surface area (Å²) >= 11 is 0. The van der Waals surface area contributed by atoms with Crippen LogP contribution in [-0.2, 0) is 19.1 Å². The number of Topliss-reactive ketones (excluding diaryl/α,β-unsaturated/α-hetero) is 1. The van der Waals surface area contributed by atoms with E-state index < -0.39 is 18.5 Å². The van der Waals surface area contributed by atoms with Gasteiger partial charge in [-0.05, 0) is 42.4 Å². The van der Waals surface area contributed by atoms with Crippen molar-refractivity contribution < 1.29 is 19.1 Å². The number of carbonyl (C=O) groups excluding carboxylic acids is 2. The molecule has 5 heteroatoms. The third kappa shape index (κ3) is 3.72. The second-order valence-corrected chi connectivity index (χ2v) is 11.3. The van der Waals surface area contributed by atoms with E-state index in [2.05, 4.69) is 0 Å². The van der Waals surface area contributed by atoms with Gasteiger partial charge < -0.3 is 9.47 Å². The van der Waals surface area contributed by atoms with E-state index in [1.807, 2.05) is 91.0 Å². The first kappa shape index (κ1) is 21.9. The zero-order valence-corrected chi connectivity index (χ0v) is 19.2. The van der Waals surface area contributed by atoms with Crippen molar-refractivity contribution in [3.05, 3.63) is 102 Å². The molecular formula is C27H25O4P. The molecule has 0 aromatic heterocycles. The van der Waals surface area contributed by atoms with Crippen LogP contribution in [0.1, 0.15) is 13.8 Å².